The van der Waals surface area contributed by atoms with E-state index in [4.69, 9.17) is 0 Å². The smallest absolute Gasteiger partial charge is 0.319 e. The van der Waals surface area contributed by atoms with Crippen LogP contribution in [0.3, 0.4) is 0 Å². The van der Waals surface area contributed by atoms with Gasteiger partial charge < -0.3 is 10.6 Å². The van der Waals surface area contributed by atoms with E-state index in [1.165, 1.54) is 16.9 Å². The summed E-state index contributed by atoms with van der Waals surface area (Å²) in [5.41, 5.74) is 6.47. The number of aromatic nitrogens is 3. The van der Waals surface area contributed by atoms with Gasteiger partial charge in [0.2, 0.25) is 0 Å². The second kappa shape index (κ2) is 6.97. The van der Waals surface area contributed by atoms with Crippen LogP contribution in [0.25, 0.3) is 16.9 Å². The first-order valence-electron chi connectivity index (χ1n) is 8.15. The number of nitrogens with one attached hydrogen (secondary N) is 2. The summed E-state index contributed by atoms with van der Waals surface area (Å²) >= 11 is 1.53. The Morgan fingerprint density at radius 1 is 1.19 bits per heavy atom. The third-order valence-corrected chi connectivity index (χ3v) is 4.58. The van der Waals surface area contributed by atoms with Gasteiger partial charge >= 0.3 is 6.03 Å². The molecular formula is C19H17N5OS. The Kier molecular flexibility index (Phi) is 4.37. The van der Waals surface area contributed by atoms with Crippen LogP contribution in [0.2, 0.25) is 0 Å². The molecule has 4 aromatic rings. The molecule has 2 N–H and O–H groups in total. The van der Waals surface area contributed by atoms with E-state index in [0.29, 0.717) is 12.2 Å². The fourth-order valence-corrected chi connectivity index (χ4v) is 3.30. The first-order valence-corrected chi connectivity index (χ1v) is 9.09. The third-order valence-electron chi connectivity index (χ3n) is 4.01. The Bertz CT molecular complexity index is 1050. The first-order chi connectivity index (χ1) is 12.7. The minimum Gasteiger partial charge on any atom is -0.334 e. The van der Waals surface area contributed by atoms with E-state index in [9.17, 15) is 4.79 Å². The number of urea groups is 1. The maximum Gasteiger partial charge on any atom is 0.319 e. The summed E-state index contributed by atoms with van der Waals surface area (Å²) in [6, 6.07) is 13.4. The van der Waals surface area contributed by atoms with E-state index in [2.05, 4.69) is 26.7 Å². The normalized spacial score (nSPS) is 10.8. The lowest BCUT2D eigenvalue weighted by atomic mass is 10.1. The number of nitrogens with zero attached hydrogens (tertiary/aromatic N) is 3. The molecule has 0 aliphatic rings. The van der Waals surface area contributed by atoms with Crippen molar-refractivity contribution in [1.82, 2.24) is 19.9 Å². The van der Waals surface area contributed by atoms with Crippen molar-refractivity contribution in [2.75, 3.05) is 5.32 Å². The van der Waals surface area contributed by atoms with Crippen LogP contribution >= 0.6 is 11.3 Å². The van der Waals surface area contributed by atoms with E-state index in [1.807, 2.05) is 53.3 Å². The van der Waals surface area contributed by atoms with Gasteiger partial charge in [-0.2, -0.15) is 0 Å². The quantitative estimate of drug-likeness (QED) is 0.573. The van der Waals surface area contributed by atoms with Gasteiger partial charge in [0, 0.05) is 17.6 Å². The number of hydrogen-bond donors (Lipinski definition) is 2. The molecule has 0 fully saturated rings. The van der Waals surface area contributed by atoms with E-state index in [0.717, 1.165) is 22.4 Å². The Morgan fingerprint density at radius 3 is 2.92 bits per heavy atom. The fraction of sp³-hybridized carbons (Fsp3) is 0.105. The summed E-state index contributed by atoms with van der Waals surface area (Å²) in [6.45, 7) is 2.51. The summed E-state index contributed by atoms with van der Waals surface area (Å²) in [6.07, 6.45) is 1.74. The number of imidazole rings is 1. The van der Waals surface area contributed by atoms with Crippen LogP contribution in [0.1, 0.15) is 11.1 Å². The van der Waals surface area contributed by atoms with Gasteiger partial charge in [0.25, 0.3) is 0 Å². The van der Waals surface area contributed by atoms with Gasteiger partial charge in [0.1, 0.15) is 12.1 Å². The highest BCUT2D eigenvalue weighted by Crippen LogP contribution is 2.21. The number of fused-ring (bicyclic) bond motifs is 1. The minimum absolute atomic E-state index is 0.245. The SMILES string of the molecule is Cc1cccc(CNC(=O)Nc2ccc3ncn(-c4cscn4)c3c2)c1. The molecule has 4 rings (SSSR count). The number of rotatable bonds is 4. The topological polar surface area (TPSA) is 71.8 Å². The summed E-state index contributed by atoms with van der Waals surface area (Å²) in [7, 11) is 0. The number of thiazole rings is 1. The molecule has 0 unspecified atom stereocenters. The van der Waals surface area contributed by atoms with Crippen molar-refractivity contribution in [3.63, 3.8) is 0 Å². The van der Waals surface area contributed by atoms with Crippen molar-refractivity contribution >= 4 is 34.1 Å². The molecule has 0 bridgehead atoms. The predicted octanol–water partition coefficient (Wildman–Crippen LogP) is 4.11. The standard InChI is InChI=1S/C19H17N5OS/c1-13-3-2-4-14(7-13)9-20-19(25)23-15-5-6-16-17(8-15)24(11-21-16)18-10-26-12-22-18/h2-8,10-12H,9H2,1H3,(H2,20,23,25). The van der Waals surface area contributed by atoms with Crippen molar-refractivity contribution in [3.8, 4) is 5.82 Å². The van der Waals surface area contributed by atoms with Crippen LogP contribution in [0, 0.1) is 6.92 Å². The van der Waals surface area contributed by atoms with Gasteiger partial charge in [-0.3, -0.25) is 4.57 Å². The van der Waals surface area contributed by atoms with Gasteiger partial charge in [-0.05, 0) is 30.7 Å². The van der Waals surface area contributed by atoms with E-state index in [1.54, 1.807) is 11.8 Å². The molecule has 6 nitrogen and oxygen atoms in total. The maximum atomic E-state index is 12.2. The van der Waals surface area contributed by atoms with Crippen LogP contribution < -0.4 is 10.6 Å². The highest BCUT2D eigenvalue weighted by molar-refractivity contribution is 7.07. The van der Waals surface area contributed by atoms with Gasteiger partial charge in [-0.1, -0.05) is 29.8 Å². The molecule has 0 atom stereocenters. The minimum atomic E-state index is -0.245. The molecule has 2 aromatic heterocycles. The van der Waals surface area contributed by atoms with Crippen LogP contribution in [0.4, 0.5) is 10.5 Å². The monoisotopic (exact) mass is 363 g/mol. The van der Waals surface area contributed by atoms with Crippen LogP contribution in [0.15, 0.2) is 59.7 Å². The number of benzene rings is 2. The lowest BCUT2D eigenvalue weighted by Gasteiger charge is -2.09. The number of carbonyl (C=O) groups is 1. The number of hydrogen-bond acceptors (Lipinski definition) is 4. The molecule has 2 aromatic carbocycles. The van der Waals surface area contributed by atoms with E-state index in [-0.39, 0.29) is 6.03 Å². The zero-order valence-corrected chi connectivity index (χ0v) is 15.0. The Labute approximate surface area is 154 Å². The van der Waals surface area contributed by atoms with Gasteiger partial charge in [-0.15, -0.1) is 11.3 Å². The van der Waals surface area contributed by atoms with Crippen molar-refractivity contribution in [1.29, 1.82) is 0 Å². The summed E-state index contributed by atoms with van der Waals surface area (Å²) < 4.78 is 1.90. The molecule has 130 valence electrons. The molecule has 0 radical (unpaired) electrons. The molecule has 2 heterocycles. The highest BCUT2D eigenvalue weighted by atomic mass is 32.1. The van der Waals surface area contributed by atoms with Crippen molar-refractivity contribution in [2.24, 2.45) is 0 Å². The number of carbonyl (C=O) groups excluding carboxylic acids is 1. The zero-order chi connectivity index (χ0) is 17.9. The molecular weight excluding hydrogens is 346 g/mol. The average Bonchev–Trinajstić information content (AvgIpc) is 3.29. The zero-order valence-electron chi connectivity index (χ0n) is 14.1. The average molecular weight is 363 g/mol. The maximum absolute atomic E-state index is 12.2. The number of anilines is 1. The van der Waals surface area contributed by atoms with Crippen molar-refractivity contribution in [3.05, 3.63) is 70.8 Å². The van der Waals surface area contributed by atoms with Crippen molar-refractivity contribution < 1.29 is 4.79 Å². The number of aryl methyl sites for hydroxylation is 1. The Morgan fingerprint density at radius 2 is 2.12 bits per heavy atom. The van der Waals surface area contributed by atoms with E-state index >= 15 is 0 Å². The van der Waals surface area contributed by atoms with Gasteiger partial charge in [0.15, 0.2) is 0 Å². The van der Waals surface area contributed by atoms with Gasteiger partial charge in [0.05, 0.1) is 16.5 Å². The second-order valence-electron chi connectivity index (χ2n) is 5.96. The molecule has 2 amide bonds. The molecule has 0 spiro atoms. The molecule has 0 saturated carbocycles. The van der Waals surface area contributed by atoms with Crippen molar-refractivity contribution in [2.45, 2.75) is 13.5 Å². The molecule has 7 heteroatoms. The summed E-state index contributed by atoms with van der Waals surface area (Å²) in [5, 5.41) is 7.70. The third kappa shape index (κ3) is 3.43. The lowest BCUT2D eigenvalue weighted by Crippen LogP contribution is -2.28. The summed E-state index contributed by atoms with van der Waals surface area (Å²) in [5.74, 6) is 0.818. The first kappa shape index (κ1) is 16.3. The Hall–Kier alpha value is -3.19. The molecule has 0 saturated heterocycles. The highest BCUT2D eigenvalue weighted by Gasteiger charge is 2.08. The van der Waals surface area contributed by atoms with Gasteiger partial charge in [-0.25, -0.2) is 14.8 Å². The van der Waals surface area contributed by atoms with Crippen LogP contribution in [-0.4, -0.2) is 20.6 Å². The fourth-order valence-electron chi connectivity index (χ4n) is 2.77. The molecule has 0 aliphatic carbocycles. The predicted molar refractivity (Wildman–Crippen MR) is 104 cm³/mol. The molecule has 0 aliphatic heterocycles. The number of amides is 2. The molecule has 26 heavy (non-hydrogen) atoms. The second-order valence-corrected chi connectivity index (χ2v) is 6.68. The largest absolute Gasteiger partial charge is 0.334 e. The van der Waals surface area contributed by atoms with Crippen LogP contribution in [-0.2, 0) is 6.54 Å². The summed E-state index contributed by atoms with van der Waals surface area (Å²) in [4.78, 5) is 20.9. The lowest BCUT2D eigenvalue weighted by molar-refractivity contribution is 0.251. The van der Waals surface area contributed by atoms with E-state index < -0.39 is 0 Å². The van der Waals surface area contributed by atoms with Crippen LogP contribution in [0.5, 0.6) is 0 Å². The Balaban J connectivity index is 1.48.